The zero-order valence-corrected chi connectivity index (χ0v) is 20.5. The molecule has 0 aromatic heterocycles. The van der Waals surface area contributed by atoms with Gasteiger partial charge in [-0.25, -0.2) is 4.57 Å². The van der Waals surface area contributed by atoms with Crippen molar-refractivity contribution in [3.8, 4) is 0 Å². The molecule has 0 aromatic rings. The van der Waals surface area contributed by atoms with E-state index in [1.807, 2.05) is 0 Å². The Morgan fingerprint density at radius 2 is 0.667 bits per heavy atom. The lowest BCUT2D eigenvalue weighted by molar-refractivity contribution is 0.193. The summed E-state index contributed by atoms with van der Waals surface area (Å²) in [6, 6.07) is 0. The molecule has 5 nitrogen and oxygen atoms in total. The van der Waals surface area contributed by atoms with Gasteiger partial charge < -0.3 is 14.9 Å². The average Bonchev–Trinajstić information content (AvgIpc) is 2.70. The minimum Gasteiger partial charge on any atom is -0.396 e. The highest BCUT2D eigenvalue weighted by molar-refractivity contribution is 7.46. The third-order valence-electron chi connectivity index (χ3n) is 5.81. The number of phosphoric acid groups is 1. The van der Waals surface area contributed by atoms with Crippen LogP contribution < -0.4 is 0 Å². The van der Waals surface area contributed by atoms with Crippen molar-refractivity contribution in [2.24, 2.45) is 0 Å². The van der Waals surface area contributed by atoms with E-state index < -0.39 is 7.82 Å². The number of hydrogen-bond donors (Lipinski definition) is 3. The minimum absolute atomic E-state index is 0.164. The quantitative estimate of drug-likeness (QED) is 0.0981. The molecule has 0 saturated carbocycles. The van der Waals surface area contributed by atoms with Crippen molar-refractivity contribution < 1.29 is 24.0 Å². The van der Waals surface area contributed by atoms with E-state index in [4.69, 9.17) is 14.9 Å². The van der Waals surface area contributed by atoms with Crippen molar-refractivity contribution in [1.29, 1.82) is 0 Å². The van der Waals surface area contributed by atoms with Crippen molar-refractivity contribution in [3.63, 3.8) is 0 Å². The maximum absolute atomic E-state index is 10.5. The molecule has 0 aromatic carbocycles. The molecule has 30 heavy (non-hydrogen) atoms. The number of aliphatic hydroxyl groups excluding tert-OH is 1. The lowest BCUT2D eigenvalue weighted by Crippen LogP contribution is -1.92. The Balaban J connectivity index is 3.03. The van der Waals surface area contributed by atoms with Gasteiger partial charge >= 0.3 is 7.82 Å². The van der Waals surface area contributed by atoms with Gasteiger partial charge in [0.25, 0.3) is 0 Å². The summed E-state index contributed by atoms with van der Waals surface area (Å²) in [5, 5.41) is 8.74. The lowest BCUT2D eigenvalue weighted by atomic mass is 10.0. The topological polar surface area (TPSA) is 87.0 Å². The molecule has 0 unspecified atom stereocenters. The highest BCUT2D eigenvalue weighted by Gasteiger charge is 2.12. The average molecular weight is 451 g/mol. The molecule has 0 aliphatic rings. The van der Waals surface area contributed by atoms with E-state index in [2.05, 4.69) is 4.52 Å². The molecule has 0 rings (SSSR count). The van der Waals surface area contributed by atoms with Gasteiger partial charge in [-0.2, -0.15) is 0 Å². The summed E-state index contributed by atoms with van der Waals surface area (Å²) < 4.78 is 15.0. The van der Waals surface area contributed by atoms with E-state index in [0.717, 1.165) is 25.7 Å². The van der Waals surface area contributed by atoms with Crippen LogP contribution in [-0.4, -0.2) is 28.1 Å². The molecule has 0 fully saturated rings. The molecule has 0 aliphatic heterocycles. The molecule has 0 bridgehead atoms. The molecule has 0 spiro atoms. The predicted molar refractivity (Wildman–Crippen MR) is 127 cm³/mol. The SMILES string of the molecule is O=P(O)(O)OCCCCCCCCCCCCCCCCCCCCCCCCO. The lowest BCUT2D eigenvalue weighted by Gasteiger charge is -2.05. The molecule has 0 heterocycles. The third kappa shape index (κ3) is 28.1. The first-order valence-corrected chi connectivity index (χ1v) is 14.4. The Hall–Kier alpha value is 0.0700. The van der Waals surface area contributed by atoms with Crippen LogP contribution in [0.1, 0.15) is 141 Å². The monoisotopic (exact) mass is 450 g/mol. The third-order valence-corrected chi connectivity index (χ3v) is 6.33. The van der Waals surface area contributed by atoms with Crippen molar-refractivity contribution in [3.05, 3.63) is 0 Å². The Bertz CT molecular complexity index is 373. The summed E-state index contributed by atoms with van der Waals surface area (Å²) in [5.41, 5.74) is 0. The van der Waals surface area contributed by atoms with Gasteiger partial charge in [0.15, 0.2) is 0 Å². The van der Waals surface area contributed by atoms with E-state index in [1.54, 1.807) is 0 Å². The van der Waals surface area contributed by atoms with Crippen LogP contribution in [-0.2, 0) is 9.09 Å². The molecule has 0 amide bonds. The summed E-state index contributed by atoms with van der Waals surface area (Å²) in [6.45, 7) is 0.517. The molecule has 0 atom stereocenters. The summed E-state index contributed by atoms with van der Waals surface area (Å²) >= 11 is 0. The Kier molecular flexibility index (Phi) is 23.8. The van der Waals surface area contributed by atoms with Gasteiger partial charge in [-0.15, -0.1) is 0 Å². The zero-order chi connectivity index (χ0) is 22.2. The summed E-state index contributed by atoms with van der Waals surface area (Å²) in [5.74, 6) is 0. The second kappa shape index (κ2) is 23.7. The molecule has 0 radical (unpaired) electrons. The maximum atomic E-state index is 10.5. The largest absolute Gasteiger partial charge is 0.469 e. The summed E-state index contributed by atoms with van der Waals surface area (Å²) in [4.78, 5) is 17.2. The molecule has 3 N–H and O–H groups in total. The molecular weight excluding hydrogens is 399 g/mol. The van der Waals surface area contributed by atoms with Gasteiger partial charge in [0.1, 0.15) is 0 Å². The van der Waals surface area contributed by atoms with E-state index in [9.17, 15) is 4.57 Å². The fourth-order valence-corrected chi connectivity index (χ4v) is 4.30. The van der Waals surface area contributed by atoms with Gasteiger partial charge in [0, 0.05) is 6.61 Å². The van der Waals surface area contributed by atoms with Gasteiger partial charge in [-0.05, 0) is 12.8 Å². The van der Waals surface area contributed by atoms with Crippen LogP contribution in [0, 0.1) is 0 Å². The van der Waals surface area contributed by atoms with Gasteiger partial charge in [0.05, 0.1) is 6.61 Å². The molecule has 0 saturated heterocycles. The maximum Gasteiger partial charge on any atom is 0.469 e. The Morgan fingerprint density at radius 1 is 0.433 bits per heavy atom. The van der Waals surface area contributed by atoms with Crippen LogP contribution in [0.5, 0.6) is 0 Å². The first-order chi connectivity index (χ1) is 14.6. The molecule has 182 valence electrons. The molecular formula is C24H51O5P. The minimum atomic E-state index is -4.27. The summed E-state index contributed by atoms with van der Waals surface area (Å²) in [7, 11) is -4.27. The highest BCUT2D eigenvalue weighted by Crippen LogP contribution is 2.35. The van der Waals surface area contributed by atoms with Crippen LogP contribution in [0.4, 0.5) is 0 Å². The van der Waals surface area contributed by atoms with E-state index >= 15 is 0 Å². The van der Waals surface area contributed by atoms with Crippen LogP contribution >= 0.6 is 7.82 Å². The van der Waals surface area contributed by atoms with E-state index in [-0.39, 0.29) is 6.61 Å². The fourth-order valence-electron chi connectivity index (χ4n) is 3.93. The normalized spacial score (nSPS) is 12.0. The fraction of sp³-hybridized carbons (Fsp3) is 1.00. The van der Waals surface area contributed by atoms with Gasteiger partial charge in [-0.1, -0.05) is 128 Å². The second-order valence-corrected chi connectivity index (χ2v) is 10.1. The van der Waals surface area contributed by atoms with Gasteiger partial charge in [-0.3, -0.25) is 4.52 Å². The smallest absolute Gasteiger partial charge is 0.396 e. The number of aliphatic hydroxyl groups is 1. The van der Waals surface area contributed by atoms with E-state index in [1.165, 1.54) is 116 Å². The Morgan fingerprint density at radius 3 is 0.900 bits per heavy atom. The van der Waals surface area contributed by atoms with Crippen molar-refractivity contribution in [2.45, 2.75) is 141 Å². The first kappa shape index (κ1) is 30.1. The van der Waals surface area contributed by atoms with Crippen molar-refractivity contribution in [1.82, 2.24) is 0 Å². The zero-order valence-electron chi connectivity index (χ0n) is 19.6. The number of rotatable bonds is 25. The highest BCUT2D eigenvalue weighted by atomic mass is 31.2. The van der Waals surface area contributed by atoms with Crippen LogP contribution in [0.15, 0.2) is 0 Å². The van der Waals surface area contributed by atoms with Crippen molar-refractivity contribution >= 4 is 7.82 Å². The standard InChI is InChI=1S/C24H51O5P/c25-23-21-19-17-15-13-11-9-7-5-3-1-2-4-6-8-10-12-14-16-18-20-22-24-29-30(26,27)28/h25H,1-24H2,(H2,26,27,28). The summed E-state index contributed by atoms with van der Waals surface area (Å²) in [6.07, 6.45) is 28.2. The number of hydrogen-bond acceptors (Lipinski definition) is 3. The van der Waals surface area contributed by atoms with Crippen molar-refractivity contribution in [2.75, 3.05) is 13.2 Å². The number of unbranched alkanes of at least 4 members (excludes halogenated alkanes) is 21. The predicted octanol–water partition coefficient (Wildman–Crippen LogP) is 7.67. The van der Waals surface area contributed by atoms with Crippen LogP contribution in [0.3, 0.4) is 0 Å². The number of phosphoric ester groups is 1. The van der Waals surface area contributed by atoms with Crippen LogP contribution in [0.2, 0.25) is 0 Å². The molecule has 6 heteroatoms. The van der Waals surface area contributed by atoms with Gasteiger partial charge in [0.2, 0.25) is 0 Å². The molecule has 0 aliphatic carbocycles. The second-order valence-electron chi connectivity index (χ2n) is 8.83. The Labute approximate surface area is 186 Å². The van der Waals surface area contributed by atoms with Crippen LogP contribution in [0.25, 0.3) is 0 Å². The first-order valence-electron chi connectivity index (χ1n) is 12.9. The van der Waals surface area contributed by atoms with E-state index in [0.29, 0.717) is 6.61 Å².